The van der Waals surface area contributed by atoms with E-state index in [1.807, 2.05) is 25.1 Å². The van der Waals surface area contributed by atoms with E-state index >= 15 is 0 Å². The van der Waals surface area contributed by atoms with Gasteiger partial charge in [0.2, 0.25) is 0 Å². The molecular weight excluding hydrogens is 264 g/mol. The highest BCUT2D eigenvalue weighted by Gasteiger charge is 2.39. The Hall–Kier alpha value is -1.11. The molecule has 19 heavy (non-hydrogen) atoms. The Morgan fingerprint density at radius 3 is 2.53 bits per heavy atom. The number of ether oxygens (including phenoxy) is 1. The van der Waals surface area contributed by atoms with Gasteiger partial charge in [0, 0.05) is 6.26 Å². The second-order valence-electron chi connectivity index (χ2n) is 4.98. The summed E-state index contributed by atoms with van der Waals surface area (Å²) in [5.41, 5.74) is 3.38. The molecule has 0 bridgehead atoms. The van der Waals surface area contributed by atoms with Gasteiger partial charge < -0.3 is 4.74 Å². The van der Waals surface area contributed by atoms with Gasteiger partial charge in [-0.1, -0.05) is 12.1 Å². The fourth-order valence-electron chi connectivity index (χ4n) is 1.86. The van der Waals surface area contributed by atoms with Crippen molar-refractivity contribution < 1.29 is 13.2 Å². The maximum atomic E-state index is 11.9. The fraction of sp³-hybridized carbons (Fsp3) is 0.538. The van der Waals surface area contributed by atoms with Crippen molar-refractivity contribution >= 4 is 9.84 Å². The van der Waals surface area contributed by atoms with Crippen molar-refractivity contribution in [3.05, 3.63) is 29.8 Å². The van der Waals surface area contributed by atoms with Crippen LogP contribution in [-0.2, 0) is 9.84 Å². The van der Waals surface area contributed by atoms with Crippen LogP contribution in [0.1, 0.15) is 32.4 Å². The maximum Gasteiger partial charge on any atom is 0.154 e. The smallest absolute Gasteiger partial charge is 0.154 e. The number of rotatable bonds is 6. The van der Waals surface area contributed by atoms with Crippen molar-refractivity contribution in [2.75, 3.05) is 12.9 Å². The largest absolute Gasteiger partial charge is 0.494 e. The van der Waals surface area contributed by atoms with E-state index in [2.05, 4.69) is 5.43 Å². The topological polar surface area (TPSA) is 81.4 Å². The molecule has 0 fully saturated rings. The van der Waals surface area contributed by atoms with Crippen LogP contribution in [0.5, 0.6) is 5.75 Å². The third-order valence-electron chi connectivity index (χ3n) is 3.32. The molecule has 3 N–H and O–H groups in total. The van der Waals surface area contributed by atoms with Gasteiger partial charge >= 0.3 is 0 Å². The molecule has 0 aromatic heterocycles. The standard InChI is InChI=1S/C13H22N2O3S/c1-5-18-11-8-6-7-10(9-11)12(15-14)13(2,3)19(4,16)17/h6-9,12,15H,5,14H2,1-4H3. The fourth-order valence-corrected chi connectivity index (χ4v) is 2.50. The van der Waals surface area contributed by atoms with E-state index in [4.69, 9.17) is 10.6 Å². The first kappa shape index (κ1) is 15.9. The summed E-state index contributed by atoms with van der Waals surface area (Å²) in [5.74, 6) is 6.26. The van der Waals surface area contributed by atoms with Crippen LogP contribution in [0, 0.1) is 0 Å². The summed E-state index contributed by atoms with van der Waals surface area (Å²) < 4.78 is 28.2. The Balaban J connectivity index is 3.21. The van der Waals surface area contributed by atoms with Crippen LogP contribution in [0.4, 0.5) is 0 Å². The summed E-state index contributed by atoms with van der Waals surface area (Å²) in [5, 5.41) is 0. The molecule has 5 nitrogen and oxygen atoms in total. The molecule has 0 radical (unpaired) electrons. The van der Waals surface area contributed by atoms with E-state index < -0.39 is 20.6 Å². The minimum absolute atomic E-state index is 0.511. The van der Waals surface area contributed by atoms with Crippen molar-refractivity contribution in [1.82, 2.24) is 5.43 Å². The van der Waals surface area contributed by atoms with Gasteiger partial charge in [0.15, 0.2) is 9.84 Å². The third kappa shape index (κ3) is 3.46. The van der Waals surface area contributed by atoms with E-state index in [1.54, 1.807) is 19.9 Å². The van der Waals surface area contributed by atoms with Gasteiger partial charge in [-0.3, -0.25) is 11.3 Å². The summed E-state index contributed by atoms with van der Waals surface area (Å²) in [4.78, 5) is 0. The summed E-state index contributed by atoms with van der Waals surface area (Å²) in [7, 11) is -3.27. The molecule has 0 saturated heterocycles. The van der Waals surface area contributed by atoms with Gasteiger partial charge in [-0.05, 0) is 38.5 Å². The highest BCUT2D eigenvalue weighted by Crippen LogP contribution is 2.32. The number of hydrogen-bond donors (Lipinski definition) is 2. The molecule has 0 aliphatic heterocycles. The highest BCUT2D eigenvalue weighted by molar-refractivity contribution is 7.92. The summed E-state index contributed by atoms with van der Waals surface area (Å²) in [6.45, 7) is 5.76. The zero-order valence-electron chi connectivity index (χ0n) is 11.8. The first-order chi connectivity index (χ1) is 8.74. The lowest BCUT2D eigenvalue weighted by atomic mass is 9.95. The third-order valence-corrected chi connectivity index (χ3v) is 5.47. The van der Waals surface area contributed by atoms with Crippen LogP contribution in [0.3, 0.4) is 0 Å². The first-order valence-corrected chi connectivity index (χ1v) is 8.01. The van der Waals surface area contributed by atoms with E-state index in [9.17, 15) is 8.42 Å². The lowest BCUT2D eigenvalue weighted by Gasteiger charge is -2.32. The molecule has 0 amide bonds. The molecule has 1 rings (SSSR count). The van der Waals surface area contributed by atoms with Crippen LogP contribution in [0.2, 0.25) is 0 Å². The van der Waals surface area contributed by atoms with Crippen LogP contribution in [0.15, 0.2) is 24.3 Å². The molecule has 108 valence electrons. The van der Waals surface area contributed by atoms with Gasteiger partial charge in [0.1, 0.15) is 5.75 Å². The van der Waals surface area contributed by atoms with E-state index in [1.165, 1.54) is 6.26 Å². The molecule has 1 atom stereocenters. The Bertz CT molecular complexity index is 526. The second kappa shape index (κ2) is 5.90. The average Bonchev–Trinajstić information content (AvgIpc) is 2.29. The minimum atomic E-state index is -3.27. The summed E-state index contributed by atoms with van der Waals surface area (Å²) in [6, 6.07) is 6.78. The number of benzene rings is 1. The molecule has 6 heteroatoms. The van der Waals surface area contributed by atoms with Gasteiger partial charge in [0.05, 0.1) is 17.4 Å². The average molecular weight is 286 g/mol. The van der Waals surface area contributed by atoms with Gasteiger partial charge in [0.25, 0.3) is 0 Å². The zero-order valence-corrected chi connectivity index (χ0v) is 12.6. The van der Waals surface area contributed by atoms with E-state index in [-0.39, 0.29) is 0 Å². The molecule has 0 saturated carbocycles. The van der Waals surface area contributed by atoms with E-state index in [0.29, 0.717) is 12.4 Å². The lowest BCUT2D eigenvalue weighted by Crippen LogP contribution is -2.47. The predicted octanol–water partition coefficient (Wildman–Crippen LogP) is 1.41. The number of hydrogen-bond acceptors (Lipinski definition) is 5. The van der Waals surface area contributed by atoms with Gasteiger partial charge in [-0.2, -0.15) is 0 Å². The van der Waals surface area contributed by atoms with Gasteiger partial charge in [-0.25, -0.2) is 8.42 Å². The zero-order chi connectivity index (χ0) is 14.7. The quantitative estimate of drug-likeness (QED) is 0.610. The maximum absolute atomic E-state index is 11.9. The molecule has 0 spiro atoms. The summed E-state index contributed by atoms with van der Waals surface area (Å²) >= 11 is 0. The SMILES string of the molecule is CCOc1cccc(C(NN)C(C)(C)S(C)(=O)=O)c1. The van der Waals surface area contributed by atoms with Crippen LogP contribution in [-0.4, -0.2) is 26.0 Å². The summed E-state index contributed by atoms with van der Waals surface area (Å²) in [6.07, 6.45) is 1.21. The molecule has 1 unspecified atom stereocenters. The molecule has 0 aliphatic carbocycles. The molecule has 1 aromatic carbocycles. The van der Waals surface area contributed by atoms with Gasteiger partial charge in [-0.15, -0.1) is 0 Å². The Morgan fingerprint density at radius 1 is 1.42 bits per heavy atom. The molecule has 1 aromatic rings. The van der Waals surface area contributed by atoms with Crippen molar-refractivity contribution in [3.63, 3.8) is 0 Å². The van der Waals surface area contributed by atoms with Crippen LogP contribution < -0.4 is 16.0 Å². The number of nitrogens with two attached hydrogens (primary N) is 1. The van der Waals surface area contributed by atoms with Crippen molar-refractivity contribution in [2.45, 2.75) is 31.6 Å². The monoisotopic (exact) mass is 286 g/mol. The molecule has 0 heterocycles. The second-order valence-corrected chi connectivity index (χ2v) is 7.58. The molecule has 0 aliphatic rings. The number of nitrogens with one attached hydrogen (secondary N) is 1. The number of sulfone groups is 1. The predicted molar refractivity (Wildman–Crippen MR) is 76.6 cm³/mol. The Kier molecular flexibility index (Phi) is 4.95. The van der Waals surface area contributed by atoms with E-state index in [0.717, 1.165) is 5.56 Å². The van der Waals surface area contributed by atoms with Crippen molar-refractivity contribution in [3.8, 4) is 5.75 Å². The normalized spacial score (nSPS) is 14.2. The highest BCUT2D eigenvalue weighted by atomic mass is 32.2. The van der Waals surface area contributed by atoms with Crippen LogP contribution in [0.25, 0.3) is 0 Å². The molecular formula is C13H22N2O3S. The Morgan fingerprint density at radius 2 is 2.05 bits per heavy atom. The van der Waals surface area contributed by atoms with Crippen LogP contribution >= 0.6 is 0 Å². The Labute approximate surface area is 115 Å². The first-order valence-electron chi connectivity index (χ1n) is 6.12. The lowest BCUT2D eigenvalue weighted by molar-refractivity contribution is 0.338. The van der Waals surface area contributed by atoms with Crippen molar-refractivity contribution in [2.24, 2.45) is 5.84 Å². The minimum Gasteiger partial charge on any atom is -0.494 e. The number of hydrazine groups is 1. The van der Waals surface area contributed by atoms with Crippen molar-refractivity contribution in [1.29, 1.82) is 0 Å².